The van der Waals surface area contributed by atoms with Gasteiger partial charge in [-0.15, -0.1) is 0 Å². The lowest BCUT2D eigenvalue weighted by molar-refractivity contribution is -0.147. The first kappa shape index (κ1) is 19.8. The fraction of sp³-hybridized carbons (Fsp3) is 0.130. The van der Waals surface area contributed by atoms with Crippen molar-refractivity contribution in [2.24, 2.45) is 0 Å². The number of hydrogen-bond donors (Lipinski definition) is 0. The molecule has 0 bridgehead atoms. The third kappa shape index (κ3) is 4.90. The number of pyridine rings is 1. The number of halogens is 1. The van der Waals surface area contributed by atoms with Gasteiger partial charge in [-0.1, -0.05) is 53.2 Å². The minimum absolute atomic E-state index is 0.110. The summed E-state index contributed by atoms with van der Waals surface area (Å²) in [5.74, 6) is 0.442. The quantitative estimate of drug-likeness (QED) is 0.390. The van der Waals surface area contributed by atoms with Crippen LogP contribution in [0.4, 0.5) is 0 Å². The molecule has 0 saturated carbocycles. The summed E-state index contributed by atoms with van der Waals surface area (Å²) in [5.41, 5.74) is 2.31. The van der Waals surface area contributed by atoms with E-state index in [1.807, 2.05) is 60.7 Å². The van der Waals surface area contributed by atoms with Crippen LogP contribution in [0.5, 0.6) is 0 Å². The number of benzene rings is 2. The van der Waals surface area contributed by atoms with Crippen molar-refractivity contribution in [1.29, 1.82) is 0 Å². The van der Waals surface area contributed by atoms with E-state index >= 15 is 0 Å². The normalized spacial score (nSPS) is 11.8. The van der Waals surface area contributed by atoms with Crippen LogP contribution >= 0.6 is 11.6 Å². The molecule has 0 radical (unpaired) electrons. The zero-order valence-electron chi connectivity index (χ0n) is 15.9. The molecule has 6 nitrogen and oxygen atoms in total. The van der Waals surface area contributed by atoms with Gasteiger partial charge in [-0.2, -0.15) is 4.98 Å². The summed E-state index contributed by atoms with van der Waals surface area (Å²) < 4.78 is 11.0. The van der Waals surface area contributed by atoms with Crippen LogP contribution in [0.15, 0.2) is 83.5 Å². The zero-order valence-corrected chi connectivity index (χ0v) is 16.7. The maximum Gasteiger partial charge on any atom is 0.307 e. The van der Waals surface area contributed by atoms with E-state index in [1.165, 1.54) is 0 Å². The van der Waals surface area contributed by atoms with Gasteiger partial charge in [0.15, 0.2) is 6.10 Å². The van der Waals surface area contributed by atoms with E-state index in [9.17, 15) is 4.79 Å². The van der Waals surface area contributed by atoms with E-state index in [-0.39, 0.29) is 18.8 Å². The number of nitrogens with zero attached hydrogens (tertiary/aromatic N) is 3. The van der Waals surface area contributed by atoms with Gasteiger partial charge in [-0.25, -0.2) is 0 Å². The highest BCUT2D eigenvalue weighted by Gasteiger charge is 2.20. The minimum atomic E-state index is -0.577. The first-order valence-corrected chi connectivity index (χ1v) is 9.81. The number of rotatable bonds is 7. The number of ether oxygens (including phenoxy) is 1. The summed E-state index contributed by atoms with van der Waals surface area (Å²) in [6, 6.07) is 22.2. The molecule has 0 fully saturated rings. The average molecular weight is 420 g/mol. The van der Waals surface area contributed by atoms with E-state index < -0.39 is 6.10 Å². The predicted molar refractivity (Wildman–Crippen MR) is 112 cm³/mol. The van der Waals surface area contributed by atoms with Crippen molar-refractivity contribution in [3.8, 4) is 11.4 Å². The molecule has 7 heteroatoms. The van der Waals surface area contributed by atoms with Gasteiger partial charge < -0.3 is 9.26 Å². The third-order valence-corrected chi connectivity index (χ3v) is 4.67. The average Bonchev–Trinajstić information content (AvgIpc) is 3.27. The summed E-state index contributed by atoms with van der Waals surface area (Å²) in [4.78, 5) is 21.2. The Hall–Kier alpha value is -3.51. The molecule has 0 saturated heterocycles. The fourth-order valence-electron chi connectivity index (χ4n) is 2.93. The van der Waals surface area contributed by atoms with Crippen molar-refractivity contribution >= 4 is 17.6 Å². The Bertz CT molecular complexity index is 1060. The van der Waals surface area contributed by atoms with Crippen molar-refractivity contribution in [1.82, 2.24) is 15.1 Å². The molecule has 1 unspecified atom stereocenters. The Labute approximate surface area is 178 Å². The highest BCUT2D eigenvalue weighted by atomic mass is 35.5. The summed E-state index contributed by atoms with van der Waals surface area (Å²) >= 11 is 5.90. The second-order valence-corrected chi connectivity index (χ2v) is 6.99. The molecule has 2 aromatic heterocycles. The Morgan fingerprint density at radius 3 is 2.50 bits per heavy atom. The van der Waals surface area contributed by atoms with Gasteiger partial charge in [0.2, 0.25) is 11.7 Å². The summed E-state index contributed by atoms with van der Waals surface area (Å²) in [7, 11) is 0. The van der Waals surface area contributed by atoms with Crippen LogP contribution in [0, 0.1) is 0 Å². The van der Waals surface area contributed by atoms with Gasteiger partial charge in [0.05, 0.1) is 12.1 Å². The van der Waals surface area contributed by atoms with E-state index in [1.54, 1.807) is 18.3 Å². The lowest BCUT2D eigenvalue weighted by Gasteiger charge is -2.17. The van der Waals surface area contributed by atoms with Crippen molar-refractivity contribution in [3.63, 3.8) is 0 Å². The van der Waals surface area contributed by atoms with Crippen LogP contribution in [0.3, 0.4) is 0 Å². The van der Waals surface area contributed by atoms with Gasteiger partial charge in [0.25, 0.3) is 0 Å². The van der Waals surface area contributed by atoms with Gasteiger partial charge in [-0.3, -0.25) is 9.78 Å². The van der Waals surface area contributed by atoms with Crippen molar-refractivity contribution in [3.05, 3.63) is 101 Å². The van der Waals surface area contributed by atoms with E-state index in [4.69, 9.17) is 20.9 Å². The fourth-order valence-corrected chi connectivity index (χ4v) is 3.06. The maximum atomic E-state index is 12.5. The highest BCUT2D eigenvalue weighted by molar-refractivity contribution is 6.30. The molecule has 0 aliphatic rings. The largest absolute Gasteiger partial charge is 0.451 e. The summed E-state index contributed by atoms with van der Waals surface area (Å²) in [5, 5.41) is 4.59. The number of aromatic nitrogens is 3. The maximum absolute atomic E-state index is 12.5. The Kier molecular flexibility index (Phi) is 6.15. The topological polar surface area (TPSA) is 78.1 Å². The first-order valence-electron chi connectivity index (χ1n) is 9.43. The Morgan fingerprint density at radius 1 is 1.00 bits per heavy atom. The molecule has 1 atom stereocenters. The molecule has 0 aliphatic heterocycles. The van der Waals surface area contributed by atoms with Crippen LogP contribution in [0.1, 0.15) is 29.7 Å². The SMILES string of the molecule is O=C(CCc1nc(-c2ccc(Cl)cc2)no1)OC(c1ccccc1)c1ccccn1. The van der Waals surface area contributed by atoms with Crippen molar-refractivity contribution in [2.45, 2.75) is 18.9 Å². The first-order chi connectivity index (χ1) is 14.7. The molecule has 150 valence electrons. The molecule has 4 rings (SSSR count). The van der Waals surface area contributed by atoms with E-state index in [2.05, 4.69) is 15.1 Å². The number of aryl methyl sites for hydroxylation is 1. The van der Waals surface area contributed by atoms with Gasteiger partial charge in [-0.05, 0) is 42.0 Å². The molecule has 0 spiro atoms. The Morgan fingerprint density at radius 2 is 1.77 bits per heavy atom. The molecule has 2 aromatic carbocycles. The van der Waals surface area contributed by atoms with Crippen LogP contribution < -0.4 is 0 Å². The van der Waals surface area contributed by atoms with Crippen LogP contribution in [-0.2, 0) is 16.0 Å². The van der Waals surface area contributed by atoms with Crippen LogP contribution in [0.2, 0.25) is 5.02 Å². The monoisotopic (exact) mass is 419 g/mol. The number of carbonyl (C=O) groups is 1. The second-order valence-electron chi connectivity index (χ2n) is 6.55. The Balaban J connectivity index is 1.41. The summed E-state index contributed by atoms with van der Waals surface area (Å²) in [6.07, 6.45) is 1.49. The summed E-state index contributed by atoms with van der Waals surface area (Å²) in [6.45, 7) is 0. The highest BCUT2D eigenvalue weighted by Crippen LogP contribution is 2.25. The number of esters is 1. The predicted octanol–water partition coefficient (Wildman–Crippen LogP) is 5.05. The van der Waals surface area contributed by atoms with Gasteiger partial charge in [0.1, 0.15) is 0 Å². The number of carbonyl (C=O) groups excluding carboxylic acids is 1. The second kappa shape index (κ2) is 9.33. The van der Waals surface area contributed by atoms with Crippen molar-refractivity contribution < 1.29 is 14.1 Å². The van der Waals surface area contributed by atoms with Gasteiger partial charge >= 0.3 is 5.97 Å². The molecular formula is C23H18ClN3O3. The molecule has 0 amide bonds. The van der Waals surface area contributed by atoms with E-state index in [0.29, 0.717) is 22.4 Å². The molecule has 0 aliphatic carbocycles. The van der Waals surface area contributed by atoms with Crippen LogP contribution in [-0.4, -0.2) is 21.1 Å². The zero-order chi connectivity index (χ0) is 20.8. The van der Waals surface area contributed by atoms with Crippen molar-refractivity contribution in [2.75, 3.05) is 0 Å². The lowest BCUT2D eigenvalue weighted by Crippen LogP contribution is -2.14. The lowest BCUT2D eigenvalue weighted by atomic mass is 10.1. The smallest absolute Gasteiger partial charge is 0.307 e. The molecular weight excluding hydrogens is 402 g/mol. The van der Waals surface area contributed by atoms with Gasteiger partial charge in [0, 0.05) is 23.2 Å². The van der Waals surface area contributed by atoms with E-state index in [0.717, 1.165) is 11.1 Å². The standard InChI is InChI=1S/C23H18ClN3O3/c24-18-11-9-17(10-12-18)23-26-20(30-27-23)13-14-21(28)29-22(16-6-2-1-3-7-16)19-8-4-5-15-25-19/h1-12,15,22H,13-14H2. The molecule has 2 heterocycles. The molecule has 4 aromatic rings. The van der Waals surface area contributed by atoms with Crippen LogP contribution in [0.25, 0.3) is 11.4 Å². The number of hydrogen-bond acceptors (Lipinski definition) is 6. The minimum Gasteiger partial charge on any atom is -0.451 e. The molecule has 0 N–H and O–H groups in total. The third-order valence-electron chi connectivity index (χ3n) is 4.42. The molecule has 30 heavy (non-hydrogen) atoms.